The third kappa shape index (κ3) is 9.28. The van der Waals surface area contributed by atoms with Crippen molar-refractivity contribution in [1.29, 1.82) is 0 Å². The average molecular weight is 825 g/mol. The molecule has 0 spiro atoms. The first-order chi connectivity index (χ1) is 27.6. The summed E-state index contributed by atoms with van der Waals surface area (Å²) in [5.41, 5.74) is -2.62. The number of epoxide rings is 1. The summed E-state index contributed by atoms with van der Waals surface area (Å²) in [5, 5.41) is 11.8. The van der Waals surface area contributed by atoms with Crippen LogP contribution in [-0.4, -0.2) is 108 Å². The standard InChI is InChI=1S/C43H52O16/c1-11-21(3)36(45)55-29-19-26(15-12-14-20(2)18-28-30(29)22(4)37(46)56-28)39(48)53-24(6)43(9,51)41(50)58-33-31-23(5)38(47)57-34(31)35-42(8,59-35)17-13-16-27(40(49)52-10)32(33)54-25(7)44/h11,15-16,18,24,28-35,51H,4-5,12-14,17,19H2,1-3,6-10H3/b20-18-,21-11-,26-15+,27-16+/t24-,28-,29-,30+,31-,32+,33+,34+,35-,42-,43+/m1/s1. The molecule has 0 radical (unpaired) electrons. The number of hydrogen-bond donors (Lipinski definition) is 1. The number of allylic oxidation sites excluding steroid dienone is 4. The molecule has 5 aliphatic rings. The van der Waals surface area contributed by atoms with E-state index < -0.39 is 108 Å². The lowest BCUT2D eigenvalue weighted by molar-refractivity contribution is -0.196. The molecule has 3 aliphatic heterocycles. The molecule has 0 saturated carbocycles. The Balaban J connectivity index is 1.46. The average Bonchev–Trinajstić information content (AvgIpc) is 3.64. The summed E-state index contributed by atoms with van der Waals surface area (Å²) < 4.78 is 45.4. The van der Waals surface area contributed by atoms with E-state index in [4.69, 9.17) is 37.9 Å². The van der Waals surface area contributed by atoms with Gasteiger partial charge in [0.2, 0.25) is 0 Å². The summed E-state index contributed by atoms with van der Waals surface area (Å²) in [6.07, 6.45) is -1.24. The molecule has 1 N–H and O–H groups in total. The lowest BCUT2D eigenvalue weighted by Gasteiger charge is -2.36. The molecule has 0 aromatic rings. The van der Waals surface area contributed by atoms with Crippen LogP contribution in [0, 0.1) is 11.8 Å². The Kier molecular flexibility index (Phi) is 13.3. The fourth-order valence-electron chi connectivity index (χ4n) is 7.71. The number of ether oxygens (including phenoxy) is 8. The minimum absolute atomic E-state index is 0.0147. The first-order valence-electron chi connectivity index (χ1n) is 19.4. The lowest BCUT2D eigenvalue weighted by Crippen LogP contribution is -2.54. The highest BCUT2D eigenvalue weighted by Gasteiger charge is 2.65. The zero-order valence-electron chi connectivity index (χ0n) is 34.5. The summed E-state index contributed by atoms with van der Waals surface area (Å²) in [5.74, 6) is -8.48. The number of esters is 7. The van der Waals surface area contributed by atoms with Crippen LogP contribution in [0.25, 0.3) is 0 Å². The van der Waals surface area contributed by atoms with Gasteiger partial charge in [-0.05, 0) is 73.3 Å². The molecule has 11 atom stereocenters. The molecular formula is C43H52O16. The molecule has 3 saturated heterocycles. The normalized spacial score (nSPS) is 35.0. The summed E-state index contributed by atoms with van der Waals surface area (Å²) in [4.78, 5) is 92.8. The Labute approximate surface area is 342 Å². The number of aliphatic hydroxyl groups is 1. The van der Waals surface area contributed by atoms with Crippen molar-refractivity contribution >= 4 is 41.8 Å². The maximum Gasteiger partial charge on any atom is 0.342 e. The molecule has 0 aromatic heterocycles. The molecule has 59 heavy (non-hydrogen) atoms. The number of rotatable bonds is 9. The smallest absolute Gasteiger partial charge is 0.342 e. The highest BCUT2D eigenvalue weighted by Crippen LogP contribution is 2.51. The Morgan fingerprint density at radius 2 is 1.64 bits per heavy atom. The van der Waals surface area contributed by atoms with E-state index in [1.54, 1.807) is 39.0 Å². The van der Waals surface area contributed by atoms with Gasteiger partial charge < -0.3 is 43.0 Å². The van der Waals surface area contributed by atoms with Crippen molar-refractivity contribution in [3.8, 4) is 0 Å². The third-order valence-corrected chi connectivity index (χ3v) is 11.6. The largest absolute Gasteiger partial charge is 0.466 e. The van der Waals surface area contributed by atoms with Gasteiger partial charge in [0.25, 0.3) is 0 Å². The van der Waals surface area contributed by atoms with Crippen molar-refractivity contribution in [2.45, 2.75) is 135 Å². The third-order valence-electron chi connectivity index (χ3n) is 11.6. The molecule has 16 heteroatoms. The first kappa shape index (κ1) is 44.7. The van der Waals surface area contributed by atoms with Gasteiger partial charge in [0, 0.05) is 35.6 Å². The van der Waals surface area contributed by atoms with Gasteiger partial charge in [0.1, 0.15) is 30.5 Å². The number of methoxy groups -OCH3 is 1. The molecule has 0 amide bonds. The van der Waals surface area contributed by atoms with E-state index in [9.17, 15) is 38.7 Å². The second-order valence-electron chi connectivity index (χ2n) is 15.9. The van der Waals surface area contributed by atoms with E-state index in [0.29, 0.717) is 19.3 Å². The summed E-state index contributed by atoms with van der Waals surface area (Å²) in [7, 11) is 1.11. The van der Waals surface area contributed by atoms with Crippen LogP contribution in [0.5, 0.6) is 0 Å². The van der Waals surface area contributed by atoms with Crippen LogP contribution in [0.4, 0.5) is 0 Å². The predicted molar refractivity (Wildman–Crippen MR) is 204 cm³/mol. The summed E-state index contributed by atoms with van der Waals surface area (Å²) in [6, 6.07) is 0. The van der Waals surface area contributed by atoms with E-state index in [1.165, 1.54) is 13.0 Å². The molecular weight excluding hydrogens is 772 g/mol. The number of hydrogen-bond acceptors (Lipinski definition) is 16. The van der Waals surface area contributed by atoms with Gasteiger partial charge in [0.05, 0.1) is 30.1 Å². The van der Waals surface area contributed by atoms with Crippen LogP contribution in [0.2, 0.25) is 0 Å². The highest BCUT2D eigenvalue weighted by atomic mass is 16.7. The second kappa shape index (κ2) is 17.5. The molecule has 320 valence electrons. The van der Waals surface area contributed by atoms with Gasteiger partial charge in [-0.15, -0.1) is 0 Å². The zero-order valence-corrected chi connectivity index (χ0v) is 34.5. The Morgan fingerprint density at radius 1 is 0.983 bits per heavy atom. The minimum Gasteiger partial charge on any atom is -0.466 e. The van der Waals surface area contributed by atoms with Crippen molar-refractivity contribution in [3.05, 3.63) is 70.9 Å². The van der Waals surface area contributed by atoms with Gasteiger partial charge in [-0.1, -0.05) is 37.0 Å². The summed E-state index contributed by atoms with van der Waals surface area (Å²) >= 11 is 0. The van der Waals surface area contributed by atoms with Crippen LogP contribution in [0.3, 0.4) is 0 Å². The Hall–Kier alpha value is -5.35. The minimum atomic E-state index is -2.62. The van der Waals surface area contributed by atoms with Crippen LogP contribution in [0.1, 0.15) is 80.6 Å². The second-order valence-corrected chi connectivity index (χ2v) is 15.9. The number of fused-ring (bicyclic) bond motifs is 4. The van der Waals surface area contributed by atoms with Gasteiger partial charge in [-0.3, -0.25) is 4.79 Å². The fourth-order valence-corrected chi connectivity index (χ4v) is 7.71. The molecule has 0 aromatic carbocycles. The molecule has 16 nitrogen and oxygen atoms in total. The molecule has 0 bridgehead atoms. The van der Waals surface area contributed by atoms with E-state index in [1.807, 2.05) is 6.92 Å². The van der Waals surface area contributed by atoms with Gasteiger partial charge in [-0.25, -0.2) is 28.8 Å². The number of carbonyl (C=O) groups excluding carboxylic acids is 7. The predicted octanol–water partition coefficient (Wildman–Crippen LogP) is 3.69. The van der Waals surface area contributed by atoms with Crippen LogP contribution in [0.15, 0.2) is 70.9 Å². The Morgan fingerprint density at radius 3 is 2.29 bits per heavy atom. The maximum absolute atomic E-state index is 14.2. The van der Waals surface area contributed by atoms with Crippen LogP contribution >= 0.6 is 0 Å². The van der Waals surface area contributed by atoms with Crippen LogP contribution in [-0.2, 0) is 71.5 Å². The fraction of sp³-hybridized carbons (Fsp3) is 0.558. The van der Waals surface area contributed by atoms with E-state index in [2.05, 4.69) is 13.2 Å². The van der Waals surface area contributed by atoms with Crippen molar-refractivity contribution in [3.63, 3.8) is 0 Å². The van der Waals surface area contributed by atoms with Crippen molar-refractivity contribution < 1.29 is 76.6 Å². The van der Waals surface area contributed by atoms with E-state index >= 15 is 0 Å². The van der Waals surface area contributed by atoms with E-state index in [0.717, 1.165) is 26.5 Å². The Bertz CT molecular complexity index is 1950. The first-order valence-corrected chi connectivity index (χ1v) is 19.4. The van der Waals surface area contributed by atoms with Crippen molar-refractivity contribution in [2.24, 2.45) is 11.8 Å². The molecule has 5 rings (SSSR count). The molecule has 2 aliphatic carbocycles. The van der Waals surface area contributed by atoms with Gasteiger partial charge >= 0.3 is 41.8 Å². The highest BCUT2D eigenvalue weighted by molar-refractivity contribution is 5.94. The van der Waals surface area contributed by atoms with Crippen molar-refractivity contribution in [1.82, 2.24) is 0 Å². The SMILES string of the molecule is C=C1C(=O)O[C@H]2[C@H]1[C@H](OC(=O)[C@@](C)(O)[C@@H](C)OC(=O)/C1=C/CC/C(C)=C\[C@H]3OC(=O)C(=C)[C@@H]3[C@H](OC(=O)/C(C)=C\C)C1)[C@@H](OC(C)=O)/C(C(=O)OC)=C\CC[C@@]1(C)O[C@H]21. The molecule has 0 unspecified atom stereocenters. The van der Waals surface area contributed by atoms with Gasteiger partial charge in [0.15, 0.2) is 17.8 Å². The topological polar surface area (TPSA) is 217 Å². The summed E-state index contributed by atoms with van der Waals surface area (Å²) in [6.45, 7) is 17.9. The number of carbonyl (C=O) groups is 7. The van der Waals surface area contributed by atoms with Crippen LogP contribution < -0.4 is 0 Å². The molecule has 3 heterocycles. The zero-order chi connectivity index (χ0) is 43.7. The quantitative estimate of drug-likeness (QED) is 0.115. The van der Waals surface area contributed by atoms with E-state index in [-0.39, 0.29) is 40.7 Å². The van der Waals surface area contributed by atoms with Gasteiger partial charge in [-0.2, -0.15) is 0 Å². The molecule has 3 fully saturated rings. The van der Waals surface area contributed by atoms with Crippen molar-refractivity contribution in [2.75, 3.05) is 7.11 Å². The monoisotopic (exact) mass is 824 g/mol. The lowest BCUT2D eigenvalue weighted by atomic mass is 9.80. The maximum atomic E-state index is 14.2.